The molecule has 0 aliphatic rings. The van der Waals surface area contributed by atoms with Gasteiger partial charge in [-0.15, -0.1) is 24.0 Å². The average Bonchev–Trinajstić information content (AvgIpc) is 2.26. The van der Waals surface area contributed by atoms with Crippen LogP contribution in [0, 0.1) is 11.6 Å². The summed E-state index contributed by atoms with van der Waals surface area (Å²) in [5, 5.41) is 0. The molecule has 108 valence electrons. The summed E-state index contributed by atoms with van der Waals surface area (Å²) >= 11 is 0. The van der Waals surface area contributed by atoms with Gasteiger partial charge in [-0.3, -0.25) is 4.99 Å². The summed E-state index contributed by atoms with van der Waals surface area (Å²) in [6.07, 6.45) is 0.254. The van der Waals surface area contributed by atoms with Gasteiger partial charge in [0.1, 0.15) is 11.6 Å². The first-order valence-electron chi connectivity index (χ1n) is 5.75. The lowest BCUT2D eigenvalue weighted by Gasteiger charge is -2.22. The number of rotatable bonds is 3. The highest BCUT2D eigenvalue weighted by molar-refractivity contribution is 14.0. The zero-order valence-electron chi connectivity index (χ0n) is 11.7. The molecule has 0 radical (unpaired) electrons. The highest BCUT2D eigenvalue weighted by Crippen LogP contribution is 2.12. The van der Waals surface area contributed by atoms with Gasteiger partial charge in [-0.1, -0.05) is 6.07 Å². The summed E-state index contributed by atoms with van der Waals surface area (Å²) in [7, 11) is 7.51. The molecule has 0 aromatic heterocycles. The maximum absolute atomic E-state index is 13.4. The fourth-order valence-electron chi connectivity index (χ4n) is 1.72. The van der Waals surface area contributed by atoms with Crippen molar-refractivity contribution in [2.75, 3.05) is 34.7 Å². The van der Waals surface area contributed by atoms with Crippen molar-refractivity contribution < 1.29 is 8.78 Å². The largest absolute Gasteiger partial charge is 0.349 e. The molecule has 0 fully saturated rings. The zero-order valence-corrected chi connectivity index (χ0v) is 14.0. The molecule has 0 bridgehead atoms. The van der Waals surface area contributed by atoms with Crippen LogP contribution in [0.5, 0.6) is 0 Å². The number of benzene rings is 1. The molecule has 3 nitrogen and oxygen atoms in total. The third-order valence-electron chi connectivity index (χ3n) is 2.48. The van der Waals surface area contributed by atoms with Crippen LogP contribution < -0.4 is 0 Å². The van der Waals surface area contributed by atoms with Crippen LogP contribution in [-0.2, 0) is 6.42 Å². The summed E-state index contributed by atoms with van der Waals surface area (Å²) in [6, 6.07) is 3.89. The van der Waals surface area contributed by atoms with Crippen LogP contribution in [0.1, 0.15) is 5.56 Å². The van der Waals surface area contributed by atoms with Crippen LogP contribution >= 0.6 is 24.0 Å². The van der Waals surface area contributed by atoms with Gasteiger partial charge < -0.3 is 9.80 Å². The van der Waals surface area contributed by atoms with Crippen molar-refractivity contribution in [3.05, 3.63) is 35.4 Å². The maximum atomic E-state index is 13.4. The van der Waals surface area contributed by atoms with Crippen LogP contribution in [0.3, 0.4) is 0 Å². The minimum absolute atomic E-state index is 0. The van der Waals surface area contributed by atoms with Gasteiger partial charge >= 0.3 is 0 Å². The van der Waals surface area contributed by atoms with E-state index in [1.54, 1.807) is 0 Å². The van der Waals surface area contributed by atoms with Crippen molar-refractivity contribution in [1.82, 2.24) is 9.80 Å². The Morgan fingerprint density at radius 2 is 1.53 bits per heavy atom. The summed E-state index contributed by atoms with van der Waals surface area (Å²) < 4.78 is 26.8. The van der Waals surface area contributed by atoms with Gasteiger partial charge in [-0.05, 0) is 18.6 Å². The van der Waals surface area contributed by atoms with E-state index in [1.807, 2.05) is 38.0 Å². The predicted octanol–water partition coefficient (Wildman–Crippen LogP) is 2.60. The molecule has 1 aromatic carbocycles. The van der Waals surface area contributed by atoms with Crippen molar-refractivity contribution in [2.45, 2.75) is 6.42 Å². The monoisotopic (exact) mass is 383 g/mol. The summed E-state index contributed by atoms with van der Waals surface area (Å²) in [6.45, 7) is 0.351. The van der Waals surface area contributed by atoms with E-state index < -0.39 is 11.6 Å². The molecule has 0 saturated carbocycles. The van der Waals surface area contributed by atoms with Crippen LogP contribution in [0.15, 0.2) is 23.2 Å². The zero-order chi connectivity index (χ0) is 13.7. The maximum Gasteiger partial charge on any atom is 0.195 e. The molecule has 0 unspecified atom stereocenters. The number of hydrogen-bond acceptors (Lipinski definition) is 1. The topological polar surface area (TPSA) is 18.8 Å². The molecule has 6 heteroatoms. The molecule has 0 amide bonds. The van der Waals surface area contributed by atoms with Crippen molar-refractivity contribution in [2.24, 2.45) is 4.99 Å². The lowest BCUT2D eigenvalue weighted by molar-refractivity contribution is 0.479. The second-order valence-corrected chi connectivity index (χ2v) is 4.42. The molecule has 0 spiro atoms. The Labute approximate surface area is 130 Å². The first-order chi connectivity index (χ1) is 8.43. The second-order valence-electron chi connectivity index (χ2n) is 4.42. The minimum atomic E-state index is -0.513. The number of guanidine groups is 1. The summed E-state index contributed by atoms with van der Waals surface area (Å²) in [4.78, 5) is 8.05. The first kappa shape index (κ1) is 18.1. The van der Waals surface area contributed by atoms with Crippen LogP contribution in [0.4, 0.5) is 8.78 Å². The predicted molar refractivity (Wildman–Crippen MR) is 85.2 cm³/mol. The molecule has 1 rings (SSSR count). The fraction of sp³-hybridized carbons (Fsp3) is 0.462. The van der Waals surface area contributed by atoms with Crippen molar-refractivity contribution >= 4 is 29.9 Å². The highest BCUT2D eigenvalue weighted by Gasteiger charge is 2.08. The van der Waals surface area contributed by atoms with E-state index in [0.29, 0.717) is 6.54 Å². The molecule has 0 aliphatic carbocycles. The van der Waals surface area contributed by atoms with Crippen LogP contribution in [-0.4, -0.2) is 50.5 Å². The van der Waals surface area contributed by atoms with E-state index in [4.69, 9.17) is 0 Å². The highest BCUT2D eigenvalue weighted by atomic mass is 127. The smallest absolute Gasteiger partial charge is 0.195 e. The third-order valence-corrected chi connectivity index (χ3v) is 2.48. The fourth-order valence-corrected chi connectivity index (χ4v) is 1.72. The van der Waals surface area contributed by atoms with Gasteiger partial charge in [-0.2, -0.15) is 0 Å². The van der Waals surface area contributed by atoms with Gasteiger partial charge in [0.25, 0.3) is 0 Å². The number of aliphatic imine (C=N–C) groups is 1. The molecule has 0 saturated heterocycles. The second kappa shape index (κ2) is 8.29. The lowest BCUT2D eigenvalue weighted by Crippen LogP contribution is -2.35. The van der Waals surface area contributed by atoms with Crippen molar-refractivity contribution in [1.29, 1.82) is 0 Å². The molecule has 0 N–H and O–H groups in total. The van der Waals surface area contributed by atoms with E-state index >= 15 is 0 Å². The number of hydrogen-bond donors (Lipinski definition) is 0. The molecule has 0 heterocycles. The minimum Gasteiger partial charge on any atom is -0.349 e. The van der Waals surface area contributed by atoms with Gasteiger partial charge in [0.05, 0.1) is 0 Å². The molecular formula is C13H20F2IN3. The number of nitrogens with zero attached hydrogens (tertiary/aromatic N) is 3. The normalized spacial score (nSPS) is 9.58. The standard InChI is InChI=1S/C13H19F2N3.HI/c1-17(2)13(18(3)4)16-9-8-10-11(14)6-5-7-12(10)15;/h5-7H,8-9H2,1-4H3;1H. The SMILES string of the molecule is CN(C)C(=NCCc1c(F)cccc1F)N(C)C.I. The Bertz CT molecular complexity index is 404. The Hall–Kier alpha value is -0.920. The van der Waals surface area contributed by atoms with Gasteiger partial charge in [0.15, 0.2) is 5.96 Å². The molecule has 0 atom stereocenters. The third kappa shape index (κ3) is 5.30. The summed E-state index contributed by atoms with van der Waals surface area (Å²) in [5.74, 6) is -0.255. The van der Waals surface area contributed by atoms with E-state index in [0.717, 1.165) is 5.96 Å². The number of halogens is 3. The molecule has 0 aliphatic heterocycles. The van der Waals surface area contributed by atoms with E-state index in [1.165, 1.54) is 18.2 Å². The van der Waals surface area contributed by atoms with Crippen LogP contribution in [0.25, 0.3) is 0 Å². The Morgan fingerprint density at radius 1 is 1.05 bits per heavy atom. The van der Waals surface area contributed by atoms with E-state index in [2.05, 4.69) is 4.99 Å². The quantitative estimate of drug-likeness (QED) is 0.454. The molecule has 19 heavy (non-hydrogen) atoms. The van der Waals surface area contributed by atoms with Crippen LogP contribution in [0.2, 0.25) is 0 Å². The first-order valence-corrected chi connectivity index (χ1v) is 5.75. The lowest BCUT2D eigenvalue weighted by atomic mass is 10.1. The Balaban J connectivity index is 0.00000324. The van der Waals surface area contributed by atoms with E-state index in [9.17, 15) is 8.78 Å². The van der Waals surface area contributed by atoms with Gasteiger partial charge in [0.2, 0.25) is 0 Å². The van der Waals surface area contributed by atoms with Gasteiger partial charge in [-0.25, -0.2) is 8.78 Å². The molecule has 1 aromatic rings. The average molecular weight is 383 g/mol. The van der Waals surface area contributed by atoms with Crippen molar-refractivity contribution in [3.8, 4) is 0 Å². The van der Waals surface area contributed by atoms with E-state index in [-0.39, 0.29) is 36.0 Å². The summed E-state index contributed by atoms with van der Waals surface area (Å²) in [5.41, 5.74) is 0.0955. The Kier molecular flexibility index (Phi) is 7.89. The van der Waals surface area contributed by atoms with Crippen molar-refractivity contribution in [3.63, 3.8) is 0 Å². The van der Waals surface area contributed by atoms with Gasteiger partial charge in [0, 0.05) is 40.3 Å². The Morgan fingerprint density at radius 3 is 1.95 bits per heavy atom. The molecular weight excluding hydrogens is 363 g/mol.